The van der Waals surface area contributed by atoms with Crippen LogP contribution in [0.4, 0.5) is 22.7 Å². The molecule has 10 rings (SSSR count). The van der Waals surface area contributed by atoms with Crippen molar-refractivity contribution >= 4 is 104 Å². The maximum absolute atomic E-state index is 6.19. The van der Waals surface area contributed by atoms with Crippen LogP contribution in [0.25, 0.3) is 70.1 Å². The summed E-state index contributed by atoms with van der Waals surface area (Å²) in [7, 11) is 0. The largest absolute Gasteiger partial charge is 0.456 e. The summed E-state index contributed by atoms with van der Waals surface area (Å²) in [5, 5.41) is 10.5. The number of nitrogens with one attached hydrogen (secondary N) is 1. The molecule has 0 atom stereocenters. The number of nitrogens with zero attached hydrogens (tertiary/aromatic N) is 1. The lowest BCUT2D eigenvalue weighted by Crippen LogP contribution is -2.09. The van der Waals surface area contributed by atoms with Gasteiger partial charge < -0.3 is 19.1 Å². The highest BCUT2D eigenvalue weighted by atomic mass is 32.1. The van der Waals surface area contributed by atoms with Crippen molar-refractivity contribution in [1.29, 1.82) is 0 Å². The molecule has 3 aromatic heterocycles. The Balaban J connectivity index is 1.21. The minimum absolute atomic E-state index is 0.870. The fourth-order valence-corrected chi connectivity index (χ4v) is 7.93. The van der Waals surface area contributed by atoms with Crippen molar-refractivity contribution in [3.63, 3.8) is 0 Å². The van der Waals surface area contributed by atoms with Crippen molar-refractivity contribution in [2.75, 3.05) is 16.8 Å². The minimum atomic E-state index is 0.870. The van der Waals surface area contributed by atoms with Gasteiger partial charge in [0.2, 0.25) is 0 Å². The maximum atomic E-state index is 6.19. The van der Waals surface area contributed by atoms with E-state index in [1.165, 1.54) is 31.4 Å². The van der Waals surface area contributed by atoms with E-state index >= 15 is 0 Å². The van der Waals surface area contributed by atoms with Gasteiger partial charge >= 0.3 is 0 Å². The summed E-state index contributed by atoms with van der Waals surface area (Å²) in [6, 6.07) is 41.0. The second kappa shape index (κ2) is 8.99. The van der Waals surface area contributed by atoms with Gasteiger partial charge in [0.15, 0.2) is 0 Å². The summed E-state index contributed by atoms with van der Waals surface area (Å²) in [6.45, 7) is 0.870. The zero-order valence-corrected chi connectivity index (χ0v) is 24.3. The Kier molecular flexibility index (Phi) is 4.90. The van der Waals surface area contributed by atoms with Gasteiger partial charge in [0.25, 0.3) is 0 Å². The van der Waals surface area contributed by atoms with Gasteiger partial charge in [-0.3, -0.25) is 0 Å². The third kappa shape index (κ3) is 3.50. The number of benzene rings is 6. The third-order valence-electron chi connectivity index (χ3n) is 8.83. The van der Waals surface area contributed by atoms with Gasteiger partial charge in [-0.25, -0.2) is 0 Å². The number of hydrogen-bond acceptors (Lipinski definition) is 5. The molecular formula is C39H24N2O2S. The molecule has 0 unspecified atom stereocenters. The van der Waals surface area contributed by atoms with Gasteiger partial charge in [-0.1, -0.05) is 54.6 Å². The Hall–Kier alpha value is -5.52. The highest BCUT2D eigenvalue weighted by Gasteiger charge is 2.19. The molecule has 0 spiro atoms. The number of fused-ring (bicyclic) bond motifs is 10. The standard InChI is InChI=1S/C39H24N2O2S/c1-3-9-34-27(7-1)30-19-24(12-15-36(30)42-34)41(25-13-16-37-31(20-25)28-8-2-4-10-35(28)43-37)26-11-14-29-32-18-23-6-5-17-40-33(23)22-39(32)44-38(29)21-26/h1-16,18-22,40H,17H2. The lowest BCUT2D eigenvalue weighted by atomic mass is 10.0. The molecule has 6 aromatic carbocycles. The number of anilines is 4. The second-order valence-corrected chi connectivity index (χ2v) is 12.5. The van der Waals surface area contributed by atoms with Crippen molar-refractivity contribution < 1.29 is 8.83 Å². The topological polar surface area (TPSA) is 41.5 Å². The van der Waals surface area contributed by atoms with Gasteiger partial charge in [-0.15, -0.1) is 11.3 Å². The molecule has 5 heteroatoms. The van der Waals surface area contributed by atoms with Crippen LogP contribution in [0.5, 0.6) is 0 Å². The molecule has 9 aromatic rings. The Bertz CT molecular complexity index is 2520. The molecule has 0 saturated carbocycles. The Labute approximate surface area is 256 Å². The fraction of sp³-hybridized carbons (Fsp3) is 0.0256. The first-order valence-corrected chi connectivity index (χ1v) is 15.6. The number of rotatable bonds is 3. The van der Waals surface area contributed by atoms with Crippen molar-refractivity contribution in [2.24, 2.45) is 0 Å². The lowest BCUT2D eigenvalue weighted by Gasteiger charge is -2.25. The van der Waals surface area contributed by atoms with E-state index in [1.54, 1.807) is 0 Å². The zero-order chi connectivity index (χ0) is 28.8. The SMILES string of the molecule is C1=Cc2cc3c(cc2NC1)sc1cc(N(c2ccc4oc5ccccc5c4c2)c2ccc4oc5ccccc5c4c2)ccc13. The molecule has 0 saturated heterocycles. The molecule has 0 radical (unpaired) electrons. The first kappa shape index (κ1) is 24.0. The molecule has 0 aliphatic carbocycles. The highest BCUT2D eigenvalue weighted by Crippen LogP contribution is 2.44. The number of furan rings is 2. The quantitative estimate of drug-likeness (QED) is 0.224. The van der Waals surface area contributed by atoms with Crippen molar-refractivity contribution in [2.45, 2.75) is 0 Å². The average molecular weight is 585 g/mol. The first-order chi connectivity index (χ1) is 21.8. The second-order valence-electron chi connectivity index (χ2n) is 11.4. The first-order valence-electron chi connectivity index (χ1n) is 14.8. The van der Waals surface area contributed by atoms with E-state index in [2.05, 4.69) is 113 Å². The van der Waals surface area contributed by atoms with E-state index in [1.807, 2.05) is 35.6 Å². The molecule has 0 amide bonds. The van der Waals surface area contributed by atoms with Gasteiger partial charge in [-0.05, 0) is 78.4 Å². The lowest BCUT2D eigenvalue weighted by molar-refractivity contribution is 0.668. The van der Waals surface area contributed by atoms with Gasteiger partial charge in [-0.2, -0.15) is 0 Å². The van der Waals surface area contributed by atoms with E-state index in [0.29, 0.717) is 0 Å². The van der Waals surface area contributed by atoms with Crippen LogP contribution in [-0.2, 0) is 0 Å². The fourth-order valence-electron chi connectivity index (χ4n) is 6.77. The van der Waals surface area contributed by atoms with E-state index < -0.39 is 0 Å². The number of para-hydroxylation sites is 2. The van der Waals surface area contributed by atoms with Crippen LogP contribution in [0.3, 0.4) is 0 Å². The normalized spacial score (nSPS) is 13.0. The van der Waals surface area contributed by atoms with Gasteiger partial charge in [0, 0.05) is 71.0 Å². The summed E-state index contributed by atoms with van der Waals surface area (Å²) in [5.41, 5.74) is 9.27. The van der Waals surface area contributed by atoms with Crippen LogP contribution >= 0.6 is 11.3 Å². The monoisotopic (exact) mass is 584 g/mol. The summed E-state index contributed by atoms with van der Waals surface area (Å²) < 4.78 is 14.9. The predicted octanol–water partition coefficient (Wildman–Crippen LogP) is 11.8. The number of thiophene rings is 1. The summed E-state index contributed by atoms with van der Waals surface area (Å²) >= 11 is 1.85. The maximum Gasteiger partial charge on any atom is 0.135 e. The Morgan fingerprint density at radius 3 is 1.82 bits per heavy atom. The highest BCUT2D eigenvalue weighted by molar-refractivity contribution is 7.25. The summed E-state index contributed by atoms with van der Waals surface area (Å²) in [6.07, 6.45) is 4.40. The van der Waals surface area contributed by atoms with Crippen LogP contribution in [-0.4, -0.2) is 6.54 Å². The Morgan fingerprint density at radius 2 is 1.11 bits per heavy atom. The van der Waals surface area contributed by atoms with Gasteiger partial charge in [0.05, 0.1) is 0 Å². The van der Waals surface area contributed by atoms with E-state index in [4.69, 9.17) is 8.83 Å². The van der Waals surface area contributed by atoms with E-state index in [-0.39, 0.29) is 0 Å². The molecule has 44 heavy (non-hydrogen) atoms. The Morgan fingerprint density at radius 1 is 0.523 bits per heavy atom. The van der Waals surface area contributed by atoms with Crippen LogP contribution in [0.2, 0.25) is 0 Å². The molecular weight excluding hydrogens is 561 g/mol. The van der Waals surface area contributed by atoms with Crippen molar-refractivity contribution in [3.8, 4) is 0 Å². The summed E-state index contributed by atoms with van der Waals surface area (Å²) in [5.74, 6) is 0. The number of hydrogen-bond donors (Lipinski definition) is 1. The summed E-state index contributed by atoms with van der Waals surface area (Å²) in [4.78, 5) is 2.35. The third-order valence-corrected chi connectivity index (χ3v) is 9.95. The molecule has 0 bridgehead atoms. The predicted molar refractivity (Wildman–Crippen MR) is 186 cm³/mol. The van der Waals surface area contributed by atoms with Crippen molar-refractivity contribution in [3.05, 3.63) is 127 Å². The molecule has 208 valence electrons. The van der Waals surface area contributed by atoms with E-state index in [0.717, 1.165) is 67.5 Å². The minimum Gasteiger partial charge on any atom is -0.456 e. The van der Waals surface area contributed by atoms with Gasteiger partial charge in [0.1, 0.15) is 22.3 Å². The van der Waals surface area contributed by atoms with Crippen molar-refractivity contribution in [1.82, 2.24) is 0 Å². The van der Waals surface area contributed by atoms with Crippen LogP contribution in [0.15, 0.2) is 130 Å². The van der Waals surface area contributed by atoms with E-state index in [9.17, 15) is 0 Å². The van der Waals surface area contributed by atoms with Crippen LogP contribution < -0.4 is 10.2 Å². The molecule has 4 heterocycles. The zero-order valence-electron chi connectivity index (χ0n) is 23.5. The molecule has 1 aliphatic rings. The molecule has 0 fully saturated rings. The molecule has 1 N–H and O–H groups in total. The smallest absolute Gasteiger partial charge is 0.135 e. The molecule has 4 nitrogen and oxygen atoms in total. The average Bonchev–Trinajstić information content (AvgIpc) is 3.74. The van der Waals surface area contributed by atoms with Crippen LogP contribution in [0.1, 0.15) is 5.56 Å². The molecule has 1 aliphatic heterocycles. The van der Waals surface area contributed by atoms with Crippen LogP contribution in [0, 0.1) is 0 Å².